The van der Waals surface area contributed by atoms with E-state index in [1.807, 2.05) is 0 Å². The average molecular weight is 343 g/mol. The molecule has 1 atom stereocenters. The summed E-state index contributed by atoms with van der Waals surface area (Å²) in [6.45, 7) is 4.48. The van der Waals surface area contributed by atoms with Gasteiger partial charge in [0.1, 0.15) is 0 Å². The predicted octanol–water partition coefficient (Wildman–Crippen LogP) is 3.30. The molecule has 0 aromatic carbocycles. The number of nitrogens with one attached hydrogen (secondary N) is 2. The van der Waals surface area contributed by atoms with Gasteiger partial charge in [0.15, 0.2) is 0 Å². The van der Waals surface area contributed by atoms with Gasteiger partial charge in [-0.2, -0.15) is 0 Å². The zero-order chi connectivity index (χ0) is 18.0. The third kappa shape index (κ3) is 14.5. The largest absolute Gasteiger partial charge is 0.394 e. The van der Waals surface area contributed by atoms with E-state index in [0.717, 1.165) is 25.7 Å². The average Bonchev–Trinajstić information content (AvgIpc) is 2.58. The Hall–Kier alpha value is -1.10. The van der Waals surface area contributed by atoms with E-state index in [-0.39, 0.29) is 18.4 Å². The smallest absolute Gasteiger partial charge is 0.220 e. The minimum Gasteiger partial charge on any atom is -0.394 e. The number of unbranched alkanes of at least 4 members (excludes halogenated alkanes) is 8. The van der Waals surface area contributed by atoms with Crippen molar-refractivity contribution in [3.05, 3.63) is 0 Å². The summed E-state index contributed by atoms with van der Waals surface area (Å²) in [5.74, 6) is -0.0434. The molecule has 0 saturated heterocycles. The summed E-state index contributed by atoms with van der Waals surface area (Å²) in [6.07, 6.45) is 12.1. The van der Waals surface area contributed by atoms with Crippen LogP contribution in [0.1, 0.15) is 90.9 Å². The number of hydrogen-bond donors (Lipinski definition) is 3. The van der Waals surface area contributed by atoms with Crippen LogP contribution in [0, 0.1) is 0 Å². The molecule has 5 nitrogen and oxygen atoms in total. The molecule has 0 heterocycles. The first-order valence-corrected chi connectivity index (χ1v) is 9.80. The molecule has 0 aliphatic carbocycles. The van der Waals surface area contributed by atoms with Crippen molar-refractivity contribution in [3.63, 3.8) is 0 Å². The lowest BCUT2D eigenvalue weighted by Gasteiger charge is -2.17. The maximum atomic E-state index is 11.8. The number of amides is 2. The molecule has 0 aromatic heterocycles. The summed E-state index contributed by atoms with van der Waals surface area (Å²) in [4.78, 5) is 23.6. The van der Waals surface area contributed by atoms with Gasteiger partial charge in [-0.05, 0) is 12.8 Å². The SMILES string of the molecule is CCCCCCCC(=O)NC[C@@H](CO)NC(=O)CCCCCCC. The van der Waals surface area contributed by atoms with Crippen LogP contribution < -0.4 is 10.6 Å². The standard InChI is InChI=1S/C19H38N2O3/c1-3-5-7-9-11-13-18(23)20-15-17(16-22)21-19(24)14-12-10-8-6-4-2/h17,22H,3-16H2,1-2H3,(H,20,23)(H,21,24)/t17-/m0/s1. The summed E-state index contributed by atoms with van der Waals surface area (Å²) >= 11 is 0. The van der Waals surface area contributed by atoms with Gasteiger partial charge in [-0.15, -0.1) is 0 Å². The molecular formula is C19H38N2O3. The molecule has 0 unspecified atom stereocenters. The van der Waals surface area contributed by atoms with Crippen LogP contribution in [0.3, 0.4) is 0 Å². The highest BCUT2D eigenvalue weighted by molar-refractivity contribution is 5.77. The van der Waals surface area contributed by atoms with Crippen molar-refractivity contribution in [2.45, 2.75) is 96.9 Å². The highest BCUT2D eigenvalue weighted by Gasteiger charge is 2.12. The molecule has 5 heteroatoms. The minimum absolute atomic E-state index is 0.00115. The maximum Gasteiger partial charge on any atom is 0.220 e. The highest BCUT2D eigenvalue weighted by Crippen LogP contribution is 2.05. The summed E-state index contributed by atoms with van der Waals surface area (Å²) in [6, 6.07) is -0.391. The minimum atomic E-state index is -0.391. The molecule has 3 N–H and O–H groups in total. The fourth-order valence-electron chi connectivity index (χ4n) is 2.56. The van der Waals surface area contributed by atoms with Crippen molar-refractivity contribution in [2.24, 2.45) is 0 Å². The summed E-state index contributed by atoms with van der Waals surface area (Å²) < 4.78 is 0. The highest BCUT2D eigenvalue weighted by atomic mass is 16.3. The van der Waals surface area contributed by atoms with Gasteiger partial charge in [0.2, 0.25) is 11.8 Å². The van der Waals surface area contributed by atoms with Gasteiger partial charge in [0, 0.05) is 19.4 Å². The van der Waals surface area contributed by atoms with Crippen LogP contribution >= 0.6 is 0 Å². The number of aliphatic hydroxyl groups is 1. The van der Waals surface area contributed by atoms with Crippen molar-refractivity contribution < 1.29 is 14.7 Å². The van der Waals surface area contributed by atoms with Crippen LogP contribution in [0.15, 0.2) is 0 Å². The lowest BCUT2D eigenvalue weighted by molar-refractivity contribution is -0.124. The van der Waals surface area contributed by atoms with E-state index < -0.39 is 6.04 Å². The first-order chi connectivity index (χ1) is 11.6. The number of carbonyl (C=O) groups excluding carboxylic acids is 2. The normalized spacial score (nSPS) is 12.0. The molecular weight excluding hydrogens is 304 g/mol. The molecule has 0 rings (SSSR count). The molecule has 0 spiro atoms. The quantitative estimate of drug-likeness (QED) is 0.377. The van der Waals surface area contributed by atoms with Gasteiger partial charge in [-0.25, -0.2) is 0 Å². The van der Waals surface area contributed by atoms with E-state index in [2.05, 4.69) is 24.5 Å². The van der Waals surface area contributed by atoms with E-state index >= 15 is 0 Å². The van der Waals surface area contributed by atoms with Gasteiger partial charge in [0.25, 0.3) is 0 Å². The Kier molecular flexibility index (Phi) is 16.0. The third-order valence-corrected chi connectivity index (χ3v) is 4.15. The molecule has 0 fully saturated rings. The monoisotopic (exact) mass is 342 g/mol. The lowest BCUT2D eigenvalue weighted by Crippen LogP contribution is -2.45. The van der Waals surface area contributed by atoms with E-state index in [4.69, 9.17) is 0 Å². The Balaban J connectivity index is 3.73. The van der Waals surface area contributed by atoms with Gasteiger partial charge in [-0.1, -0.05) is 65.2 Å². The molecule has 0 aliphatic heterocycles. The van der Waals surface area contributed by atoms with Crippen LogP contribution in [0.5, 0.6) is 0 Å². The van der Waals surface area contributed by atoms with E-state index in [9.17, 15) is 14.7 Å². The first kappa shape index (κ1) is 22.9. The van der Waals surface area contributed by atoms with Gasteiger partial charge in [-0.3, -0.25) is 9.59 Å². The first-order valence-electron chi connectivity index (χ1n) is 9.80. The van der Waals surface area contributed by atoms with Gasteiger partial charge >= 0.3 is 0 Å². The van der Waals surface area contributed by atoms with Crippen molar-refractivity contribution in [1.29, 1.82) is 0 Å². The van der Waals surface area contributed by atoms with E-state index in [1.165, 1.54) is 38.5 Å². The second kappa shape index (κ2) is 16.7. The van der Waals surface area contributed by atoms with Crippen molar-refractivity contribution in [2.75, 3.05) is 13.2 Å². The van der Waals surface area contributed by atoms with Crippen LogP contribution in [-0.2, 0) is 9.59 Å². The van der Waals surface area contributed by atoms with Crippen LogP contribution in [0.25, 0.3) is 0 Å². The molecule has 0 saturated carbocycles. The van der Waals surface area contributed by atoms with Crippen LogP contribution in [0.4, 0.5) is 0 Å². The second-order valence-corrected chi connectivity index (χ2v) is 6.58. The zero-order valence-electron chi connectivity index (χ0n) is 15.7. The van der Waals surface area contributed by atoms with Gasteiger partial charge < -0.3 is 15.7 Å². The fraction of sp³-hybridized carbons (Fsp3) is 0.895. The topological polar surface area (TPSA) is 78.4 Å². The molecule has 0 aliphatic rings. The Morgan fingerprint density at radius 2 is 1.29 bits per heavy atom. The number of aliphatic hydroxyl groups excluding tert-OH is 1. The van der Waals surface area contributed by atoms with Crippen molar-refractivity contribution >= 4 is 11.8 Å². The predicted molar refractivity (Wildman–Crippen MR) is 98.8 cm³/mol. The Labute approximate surface area is 148 Å². The molecule has 142 valence electrons. The van der Waals surface area contributed by atoms with E-state index in [0.29, 0.717) is 19.4 Å². The molecule has 0 aromatic rings. The Morgan fingerprint density at radius 1 is 0.792 bits per heavy atom. The maximum absolute atomic E-state index is 11.8. The van der Waals surface area contributed by atoms with Crippen LogP contribution in [0.2, 0.25) is 0 Å². The fourth-order valence-corrected chi connectivity index (χ4v) is 2.56. The second-order valence-electron chi connectivity index (χ2n) is 6.58. The van der Waals surface area contributed by atoms with Crippen molar-refractivity contribution in [3.8, 4) is 0 Å². The summed E-state index contributed by atoms with van der Waals surface area (Å²) in [5, 5.41) is 14.9. The third-order valence-electron chi connectivity index (χ3n) is 4.15. The lowest BCUT2D eigenvalue weighted by atomic mass is 10.1. The number of hydrogen-bond acceptors (Lipinski definition) is 3. The van der Waals surface area contributed by atoms with Crippen molar-refractivity contribution in [1.82, 2.24) is 10.6 Å². The number of rotatable bonds is 16. The van der Waals surface area contributed by atoms with E-state index in [1.54, 1.807) is 0 Å². The Morgan fingerprint density at radius 3 is 1.79 bits per heavy atom. The zero-order valence-corrected chi connectivity index (χ0v) is 15.7. The molecule has 0 bridgehead atoms. The summed E-state index contributed by atoms with van der Waals surface area (Å²) in [5.41, 5.74) is 0. The number of carbonyl (C=O) groups is 2. The Bertz CT molecular complexity index is 322. The molecule has 0 radical (unpaired) electrons. The van der Waals surface area contributed by atoms with Crippen LogP contribution in [-0.4, -0.2) is 36.1 Å². The summed E-state index contributed by atoms with van der Waals surface area (Å²) in [7, 11) is 0. The molecule has 2 amide bonds. The molecule has 24 heavy (non-hydrogen) atoms. The van der Waals surface area contributed by atoms with Gasteiger partial charge in [0.05, 0.1) is 12.6 Å².